The van der Waals surface area contributed by atoms with Crippen LogP contribution in [-0.4, -0.2) is 22.0 Å². The Morgan fingerprint density at radius 2 is 2.15 bits per heavy atom. The highest BCUT2D eigenvalue weighted by Gasteiger charge is 2.43. The van der Waals surface area contributed by atoms with Crippen molar-refractivity contribution in [2.45, 2.75) is 51.2 Å². The molecule has 1 aromatic rings. The molecule has 0 radical (unpaired) electrons. The van der Waals surface area contributed by atoms with Crippen LogP contribution in [0.3, 0.4) is 0 Å². The lowest BCUT2D eigenvalue weighted by Gasteiger charge is -2.33. The number of halogens is 3. The number of nitrogens with two attached hydrogens (primary N) is 1. The van der Waals surface area contributed by atoms with Crippen molar-refractivity contribution < 1.29 is 13.2 Å². The van der Waals surface area contributed by atoms with E-state index in [1.807, 2.05) is 20.0 Å². The van der Waals surface area contributed by atoms with Gasteiger partial charge < -0.3 is 5.73 Å². The van der Waals surface area contributed by atoms with Gasteiger partial charge in [0.2, 0.25) is 0 Å². The molecule has 2 N–H and O–H groups in total. The topological polar surface area (TPSA) is 43.8 Å². The van der Waals surface area contributed by atoms with Gasteiger partial charge in [0.15, 0.2) is 0 Å². The number of aromatic nitrogens is 2. The van der Waals surface area contributed by atoms with E-state index in [4.69, 9.17) is 5.73 Å². The van der Waals surface area contributed by atoms with Gasteiger partial charge in [-0.2, -0.15) is 18.3 Å². The molecule has 0 aromatic carbocycles. The second-order valence-corrected chi connectivity index (χ2v) is 5.93. The third kappa shape index (κ3) is 3.53. The average molecular weight is 289 g/mol. The van der Waals surface area contributed by atoms with E-state index in [1.165, 1.54) is 0 Å². The largest absolute Gasteiger partial charge is 0.391 e. The molecule has 1 fully saturated rings. The Morgan fingerprint density at radius 1 is 1.45 bits per heavy atom. The molecular formula is C14H22F3N3. The Labute approximate surface area is 117 Å². The second-order valence-electron chi connectivity index (χ2n) is 5.93. The summed E-state index contributed by atoms with van der Waals surface area (Å²) in [5.74, 6) is -1.23. The molecule has 0 saturated heterocycles. The monoisotopic (exact) mass is 289 g/mol. The van der Waals surface area contributed by atoms with E-state index in [2.05, 4.69) is 5.10 Å². The molecule has 6 heteroatoms. The van der Waals surface area contributed by atoms with Gasteiger partial charge in [-0.05, 0) is 38.2 Å². The summed E-state index contributed by atoms with van der Waals surface area (Å²) in [6.45, 7) is 1.90. The molecule has 1 aromatic heterocycles. The summed E-state index contributed by atoms with van der Waals surface area (Å²) < 4.78 is 40.2. The first-order chi connectivity index (χ1) is 9.27. The molecule has 2 rings (SSSR count). The van der Waals surface area contributed by atoms with E-state index >= 15 is 0 Å². The quantitative estimate of drug-likeness (QED) is 0.929. The third-order valence-electron chi connectivity index (χ3n) is 4.33. The minimum absolute atomic E-state index is 0.0504. The molecule has 0 bridgehead atoms. The first-order valence-corrected chi connectivity index (χ1v) is 7.09. The van der Waals surface area contributed by atoms with Gasteiger partial charge in [-0.15, -0.1) is 0 Å². The summed E-state index contributed by atoms with van der Waals surface area (Å²) in [5.41, 5.74) is 8.05. The van der Waals surface area contributed by atoms with E-state index in [-0.39, 0.29) is 24.8 Å². The second kappa shape index (κ2) is 5.76. The lowest BCUT2D eigenvalue weighted by atomic mass is 9.76. The Kier molecular flexibility index (Phi) is 4.42. The maximum absolute atomic E-state index is 12.8. The zero-order valence-corrected chi connectivity index (χ0v) is 12.0. The number of aryl methyl sites for hydroxylation is 2. The van der Waals surface area contributed by atoms with Crippen molar-refractivity contribution >= 4 is 0 Å². The van der Waals surface area contributed by atoms with Gasteiger partial charge in [-0.1, -0.05) is 6.42 Å². The molecule has 0 amide bonds. The zero-order valence-electron chi connectivity index (χ0n) is 12.0. The maximum atomic E-state index is 12.8. The standard InChI is InChI=1S/C14H22F3N3/c1-9-6-12(20(2)19-9)8-13(18)10-4-3-5-11(7-10)14(15,16)17/h6,10-11,13H,3-5,7-8,18H2,1-2H3. The highest BCUT2D eigenvalue weighted by molar-refractivity contribution is 5.10. The highest BCUT2D eigenvalue weighted by Crippen LogP contribution is 2.40. The van der Waals surface area contributed by atoms with Crippen LogP contribution >= 0.6 is 0 Å². The van der Waals surface area contributed by atoms with Crippen molar-refractivity contribution in [2.75, 3.05) is 0 Å². The van der Waals surface area contributed by atoms with Gasteiger partial charge in [-0.25, -0.2) is 0 Å². The number of hydrogen-bond acceptors (Lipinski definition) is 2. The van der Waals surface area contributed by atoms with Gasteiger partial charge in [0.1, 0.15) is 0 Å². The van der Waals surface area contributed by atoms with Gasteiger partial charge in [0.25, 0.3) is 0 Å². The van der Waals surface area contributed by atoms with Crippen molar-refractivity contribution in [3.63, 3.8) is 0 Å². The van der Waals surface area contributed by atoms with Crippen LogP contribution in [0.2, 0.25) is 0 Å². The van der Waals surface area contributed by atoms with Gasteiger partial charge in [0.05, 0.1) is 11.6 Å². The van der Waals surface area contributed by atoms with E-state index in [9.17, 15) is 13.2 Å². The molecule has 114 valence electrons. The molecule has 0 aliphatic heterocycles. The number of nitrogens with zero attached hydrogens (tertiary/aromatic N) is 2. The van der Waals surface area contributed by atoms with Crippen LogP contribution in [0.5, 0.6) is 0 Å². The van der Waals surface area contributed by atoms with Crippen molar-refractivity contribution in [3.8, 4) is 0 Å². The molecule has 3 unspecified atom stereocenters. The summed E-state index contributed by atoms with van der Waals surface area (Å²) in [7, 11) is 1.84. The van der Waals surface area contributed by atoms with Crippen LogP contribution in [-0.2, 0) is 13.5 Å². The zero-order chi connectivity index (χ0) is 14.9. The fourth-order valence-corrected chi connectivity index (χ4v) is 3.18. The smallest absolute Gasteiger partial charge is 0.327 e. The van der Waals surface area contributed by atoms with E-state index in [0.717, 1.165) is 17.8 Å². The van der Waals surface area contributed by atoms with E-state index in [0.29, 0.717) is 12.8 Å². The summed E-state index contributed by atoms with van der Waals surface area (Å²) in [6, 6.07) is 1.72. The molecule has 3 nitrogen and oxygen atoms in total. The van der Waals surface area contributed by atoms with E-state index < -0.39 is 12.1 Å². The molecule has 0 spiro atoms. The minimum atomic E-state index is -4.08. The van der Waals surface area contributed by atoms with Gasteiger partial charge in [0, 0.05) is 25.2 Å². The number of alkyl halides is 3. The summed E-state index contributed by atoms with van der Waals surface area (Å²) >= 11 is 0. The fourth-order valence-electron chi connectivity index (χ4n) is 3.18. The molecule has 20 heavy (non-hydrogen) atoms. The summed E-state index contributed by atoms with van der Waals surface area (Å²) in [6.07, 6.45) is -1.66. The Bertz CT molecular complexity index is 453. The molecule has 1 heterocycles. The Morgan fingerprint density at radius 3 is 2.70 bits per heavy atom. The van der Waals surface area contributed by atoms with Gasteiger partial charge in [-0.3, -0.25) is 4.68 Å². The van der Waals surface area contributed by atoms with Crippen LogP contribution in [0.4, 0.5) is 13.2 Å². The highest BCUT2D eigenvalue weighted by atomic mass is 19.4. The van der Waals surface area contributed by atoms with Gasteiger partial charge >= 0.3 is 6.18 Å². The third-order valence-corrected chi connectivity index (χ3v) is 4.33. The van der Waals surface area contributed by atoms with Crippen LogP contribution < -0.4 is 5.73 Å². The normalized spacial score (nSPS) is 25.7. The Hall–Kier alpha value is -1.04. The van der Waals surface area contributed by atoms with Crippen LogP contribution in [0.15, 0.2) is 6.07 Å². The number of hydrogen-bond donors (Lipinski definition) is 1. The van der Waals surface area contributed by atoms with Crippen LogP contribution in [0.25, 0.3) is 0 Å². The average Bonchev–Trinajstić information content (AvgIpc) is 2.67. The maximum Gasteiger partial charge on any atom is 0.391 e. The first kappa shape index (κ1) is 15.4. The predicted octanol–water partition coefficient (Wildman–Crippen LogP) is 2.97. The lowest BCUT2D eigenvalue weighted by molar-refractivity contribution is -0.186. The Balaban J connectivity index is 1.98. The molecule has 3 atom stereocenters. The SMILES string of the molecule is Cc1cc(CC(N)C2CCCC(C(F)(F)F)C2)n(C)n1. The van der Waals surface area contributed by atoms with Crippen LogP contribution in [0, 0.1) is 18.8 Å². The van der Waals surface area contributed by atoms with Crippen molar-refractivity contribution in [3.05, 3.63) is 17.5 Å². The molecule has 1 saturated carbocycles. The molecular weight excluding hydrogens is 267 g/mol. The van der Waals surface area contributed by atoms with Crippen molar-refractivity contribution in [1.82, 2.24) is 9.78 Å². The molecule has 1 aliphatic carbocycles. The summed E-state index contributed by atoms with van der Waals surface area (Å²) in [4.78, 5) is 0. The van der Waals surface area contributed by atoms with Crippen LogP contribution in [0.1, 0.15) is 37.1 Å². The predicted molar refractivity (Wildman–Crippen MR) is 71.1 cm³/mol. The van der Waals surface area contributed by atoms with E-state index in [1.54, 1.807) is 4.68 Å². The molecule has 1 aliphatic rings. The minimum Gasteiger partial charge on any atom is -0.327 e. The number of rotatable bonds is 3. The lowest BCUT2D eigenvalue weighted by Crippen LogP contribution is -2.39. The van der Waals surface area contributed by atoms with Crippen molar-refractivity contribution in [1.29, 1.82) is 0 Å². The summed E-state index contributed by atoms with van der Waals surface area (Å²) in [5, 5.41) is 4.24. The fraction of sp³-hybridized carbons (Fsp3) is 0.786. The van der Waals surface area contributed by atoms with Crippen molar-refractivity contribution in [2.24, 2.45) is 24.6 Å². The first-order valence-electron chi connectivity index (χ1n) is 7.09.